The van der Waals surface area contributed by atoms with Crippen LogP contribution in [-0.4, -0.2) is 36.3 Å². The molecule has 2 aromatic heterocycles. The van der Waals surface area contributed by atoms with Crippen molar-refractivity contribution in [3.8, 4) is 27.8 Å². The van der Waals surface area contributed by atoms with E-state index in [-0.39, 0.29) is 16.5 Å². The third kappa shape index (κ3) is 4.34. The number of hydrogen-bond acceptors (Lipinski definition) is 8. The standard InChI is InChI=1S/C18H17F3N4O3S/c1-9-23-16(18(19,20)21)15(29-9)11-5-6-22-17(25-11)24-10-7-12(26-2)14(28-4)13(8-10)27-3/h5-8H,1-4H3,(H,22,24,25). The Morgan fingerprint density at radius 3 is 2.21 bits per heavy atom. The minimum Gasteiger partial charge on any atom is -0.493 e. The van der Waals surface area contributed by atoms with Crippen molar-refractivity contribution in [2.75, 3.05) is 26.6 Å². The fourth-order valence-electron chi connectivity index (χ4n) is 2.62. The predicted molar refractivity (Wildman–Crippen MR) is 102 cm³/mol. The van der Waals surface area contributed by atoms with Crippen molar-refractivity contribution in [3.05, 3.63) is 35.1 Å². The summed E-state index contributed by atoms with van der Waals surface area (Å²) in [7, 11) is 4.43. The van der Waals surface area contributed by atoms with Gasteiger partial charge < -0.3 is 19.5 Å². The molecule has 0 saturated heterocycles. The van der Waals surface area contributed by atoms with E-state index >= 15 is 0 Å². The maximum atomic E-state index is 13.3. The molecule has 154 valence electrons. The molecule has 0 aliphatic rings. The maximum absolute atomic E-state index is 13.3. The lowest BCUT2D eigenvalue weighted by Crippen LogP contribution is -2.08. The van der Waals surface area contributed by atoms with Gasteiger partial charge >= 0.3 is 6.18 Å². The van der Waals surface area contributed by atoms with E-state index in [4.69, 9.17) is 14.2 Å². The Kier molecular flexibility index (Phi) is 5.78. The zero-order chi connectivity index (χ0) is 21.2. The van der Waals surface area contributed by atoms with Crippen LogP contribution in [0, 0.1) is 6.92 Å². The second-order valence-corrected chi connectivity index (χ2v) is 6.92. The van der Waals surface area contributed by atoms with Crippen LogP contribution in [0.4, 0.5) is 24.8 Å². The van der Waals surface area contributed by atoms with Crippen LogP contribution in [0.2, 0.25) is 0 Å². The van der Waals surface area contributed by atoms with Crippen LogP contribution in [0.15, 0.2) is 24.4 Å². The predicted octanol–water partition coefficient (Wildman–Crippen LogP) is 4.70. The topological polar surface area (TPSA) is 78.4 Å². The molecule has 3 aromatic rings. The first-order chi connectivity index (χ1) is 13.8. The van der Waals surface area contributed by atoms with Crippen molar-refractivity contribution in [2.45, 2.75) is 13.1 Å². The van der Waals surface area contributed by atoms with E-state index < -0.39 is 11.9 Å². The Bertz CT molecular complexity index is 999. The number of nitrogens with zero attached hydrogens (tertiary/aromatic N) is 3. The Balaban J connectivity index is 1.98. The molecule has 0 atom stereocenters. The van der Waals surface area contributed by atoms with Gasteiger partial charge in [0.15, 0.2) is 17.2 Å². The van der Waals surface area contributed by atoms with Gasteiger partial charge in [0.1, 0.15) is 0 Å². The first kappa shape index (κ1) is 20.6. The molecule has 11 heteroatoms. The second kappa shape index (κ2) is 8.11. The number of methoxy groups -OCH3 is 3. The Labute approximate surface area is 168 Å². The number of halogens is 3. The van der Waals surface area contributed by atoms with Gasteiger partial charge in [-0.15, -0.1) is 11.3 Å². The van der Waals surface area contributed by atoms with Crippen LogP contribution < -0.4 is 19.5 Å². The molecule has 0 spiro atoms. The summed E-state index contributed by atoms with van der Waals surface area (Å²) in [4.78, 5) is 11.8. The van der Waals surface area contributed by atoms with E-state index in [1.165, 1.54) is 40.5 Å². The van der Waals surface area contributed by atoms with E-state index in [0.29, 0.717) is 27.9 Å². The highest BCUT2D eigenvalue weighted by atomic mass is 32.1. The molecule has 0 saturated carbocycles. The van der Waals surface area contributed by atoms with Gasteiger partial charge in [-0.3, -0.25) is 0 Å². The fourth-order valence-corrected chi connectivity index (χ4v) is 3.53. The summed E-state index contributed by atoms with van der Waals surface area (Å²) in [6.07, 6.45) is -3.20. The van der Waals surface area contributed by atoms with Crippen molar-refractivity contribution < 1.29 is 27.4 Å². The molecule has 3 rings (SSSR count). The van der Waals surface area contributed by atoms with E-state index in [1.54, 1.807) is 12.1 Å². The maximum Gasteiger partial charge on any atom is 0.434 e. The van der Waals surface area contributed by atoms with Crippen LogP contribution in [-0.2, 0) is 6.18 Å². The van der Waals surface area contributed by atoms with Crippen molar-refractivity contribution in [1.82, 2.24) is 15.0 Å². The van der Waals surface area contributed by atoms with Gasteiger partial charge in [-0.1, -0.05) is 0 Å². The molecule has 29 heavy (non-hydrogen) atoms. The molecule has 0 fully saturated rings. The summed E-state index contributed by atoms with van der Waals surface area (Å²) in [5.41, 5.74) is -0.335. The number of hydrogen-bond donors (Lipinski definition) is 1. The minimum atomic E-state index is -4.57. The van der Waals surface area contributed by atoms with Gasteiger partial charge in [-0.25, -0.2) is 15.0 Å². The fraction of sp³-hybridized carbons (Fsp3) is 0.278. The van der Waals surface area contributed by atoms with Gasteiger partial charge in [0.25, 0.3) is 0 Å². The van der Waals surface area contributed by atoms with Crippen molar-refractivity contribution in [1.29, 1.82) is 0 Å². The van der Waals surface area contributed by atoms with Crippen molar-refractivity contribution >= 4 is 23.0 Å². The average molecular weight is 426 g/mol. The largest absolute Gasteiger partial charge is 0.493 e. The number of benzene rings is 1. The van der Waals surface area contributed by atoms with Gasteiger partial charge in [0, 0.05) is 24.0 Å². The highest BCUT2D eigenvalue weighted by Gasteiger charge is 2.38. The van der Waals surface area contributed by atoms with Gasteiger partial charge in [-0.05, 0) is 13.0 Å². The van der Waals surface area contributed by atoms with Crippen LogP contribution in [0.3, 0.4) is 0 Å². The summed E-state index contributed by atoms with van der Waals surface area (Å²) >= 11 is 0.921. The molecule has 0 unspecified atom stereocenters. The first-order valence-corrected chi connectivity index (χ1v) is 9.03. The number of aromatic nitrogens is 3. The highest BCUT2D eigenvalue weighted by molar-refractivity contribution is 7.15. The lowest BCUT2D eigenvalue weighted by atomic mass is 10.2. The molecule has 0 aliphatic carbocycles. The summed E-state index contributed by atoms with van der Waals surface area (Å²) < 4.78 is 55.7. The summed E-state index contributed by atoms with van der Waals surface area (Å²) in [6.45, 7) is 1.51. The van der Waals surface area contributed by atoms with Crippen LogP contribution in [0.5, 0.6) is 17.2 Å². The second-order valence-electron chi connectivity index (χ2n) is 5.71. The number of aryl methyl sites for hydroxylation is 1. The number of ether oxygens (including phenoxy) is 3. The molecule has 1 N–H and O–H groups in total. The monoisotopic (exact) mass is 426 g/mol. The van der Waals surface area contributed by atoms with Crippen molar-refractivity contribution in [3.63, 3.8) is 0 Å². The molecular weight excluding hydrogens is 409 g/mol. The molecule has 0 radical (unpaired) electrons. The molecule has 2 heterocycles. The van der Waals surface area contributed by atoms with E-state index in [2.05, 4.69) is 20.3 Å². The normalized spacial score (nSPS) is 11.3. The number of rotatable bonds is 6. The van der Waals surface area contributed by atoms with Gasteiger partial charge in [0.2, 0.25) is 11.7 Å². The zero-order valence-corrected chi connectivity index (χ0v) is 16.7. The van der Waals surface area contributed by atoms with Gasteiger partial charge in [-0.2, -0.15) is 13.2 Å². The lowest BCUT2D eigenvalue weighted by Gasteiger charge is -2.14. The first-order valence-electron chi connectivity index (χ1n) is 8.22. The summed E-state index contributed by atoms with van der Waals surface area (Å²) in [5, 5.41) is 3.24. The molecular formula is C18H17F3N4O3S. The Morgan fingerprint density at radius 1 is 1.00 bits per heavy atom. The highest BCUT2D eigenvalue weighted by Crippen LogP contribution is 2.41. The Hall–Kier alpha value is -3.08. The summed E-state index contributed by atoms with van der Waals surface area (Å²) in [5.74, 6) is 1.33. The Morgan fingerprint density at radius 2 is 1.66 bits per heavy atom. The number of thiazole rings is 1. The van der Waals surface area contributed by atoms with Crippen molar-refractivity contribution in [2.24, 2.45) is 0 Å². The average Bonchev–Trinajstić information content (AvgIpc) is 3.09. The number of anilines is 2. The van der Waals surface area contributed by atoms with Crippen LogP contribution in [0.25, 0.3) is 10.6 Å². The SMILES string of the molecule is COc1cc(Nc2nccc(-c3sc(C)nc3C(F)(F)F)n2)cc(OC)c1OC. The summed E-state index contributed by atoms with van der Waals surface area (Å²) in [6, 6.07) is 4.67. The smallest absolute Gasteiger partial charge is 0.434 e. The minimum absolute atomic E-state index is 0.0645. The lowest BCUT2D eigenvalue weighted by molar-refractivity contribution is -0.140. The van der Waals surface area contributed by atoms with Crippen LogP contribution in [0.1, 0.15) is 10.7 Å². The molecule has 7 nitrogen and oxygen atoms in total. The van der Waals surface area contributed by atoms with E-state index in [9.17, 15) is 13.2 Å². The molecule has 0 bridgehead atoms. The molecule has 1 aromatic carbocycles. The number of nitrogens with one attached hydrogen (secondary N) is 1. The van der Waals surface area contributed by atoms with Gasteiger partial charge in [0.05, 0.1) is 36.9 Å². The molecule has 0 amide bonds. The quantitative estimate of drug-likeness (QED) is 0.612. The molecule has 0 aliphatic heterocycles. The van der Waals surface area contributed by atoms with E-state index in [1.807, 2.05) is 0 Å². The third-order valence-electron chi connectivity index (χ3n) is 3.81. The zero-order valence-electron chi connectivity index (χ0n) is 15.9. The number of alkyl halides is 3. The third-order valence-corrected chi connectivity index (χ3v) is 4.81. The van der Waals surface area contributed by atoms with Crippen LogP contribution >= 0.6 is 11.3 Å². The van der Waals surface area contributed by atoms with E-state index in [0.717, 1.165) is 11.3 Å².